The molecule has 5 rings (SSSR count). The highest BCUT2D eigenvalue weighted by Crippen LogP contribution is 2.45. The van der Waals surface area contributed by atoms with Gasteiger partial charge in [-0.3, -0.25) is 9.78 Å². The number of pyridine rings is 1. The van der Waals surface area contributed by atoms with E-state index in [-0.39, 0.29) is 17.2 Å². The zero-order valence-corrected chi connectivity index (χ0v) is 14.7. The van der Waals surface area contributed by atoms with Gasteiger partial charge in [0.1, 0.15) is 12.4 Å². The maximum atomic E-state index is 13.1. The minimum atomic E-state index is -0.278. The van der Waals surface area contributed by atoms with Gasteiger partial charge in [0.05, 0.1) is 5.52 Å². The summed E-state index contributed by atoms with van der Waals surface area (Å²) in [6.45, 7) is 4.26. The van der Waals surface area contributed by atoms with E-state index in [4.69, 9.17) is 0 Å². The van der Waals surface area contributed by atoms with E-state index in [2.05, 4.69) is 34.2 Å². The first-order chi connectivity index (χ1) is 12.5. The average molecular weight is 345 g/mol. The fourth-order valence-electron chi connectivity index (χ4n) is 4.19. The van der Waals surface area contributed by atoms with Crippen LogP contribution in [0.5, 0.6) is 0 Å². The van der Waals surface area contributed by atoms with Crippen molar-refractivity contribution in [3.8, 4) is 0 Å². The highest BCUT2D eigenvalue weighted by atomic mass is 16.1. The molecule has 0 saturated heterocycles. The van der Waals surface area contributed by atoms with Crippen LogP contribution in [-0.2, 0) is 4.79 Å². The van der Waals surface area contributed by atoms with E-state index in [1.807, 2.05) is 35.0 Å². The Morgan fingerprint density at radius 1 is 1.15 bits per heavy atom. The second-order valence-electron chi connectivity index (χ2n) is 7.81. The van der Waals surface area contributed by atoms with Crippen LogP contribution in [0.25, 0.3) is 10.9 Å². The van der Waals surface area contributed by atoms with E-state index < -0.39 is 0 Å². The van der Waals surface area contributed by atoms with Gasteiger partial charge < -0.3 is 5.32 Å². The van der Waals surface area contributed by atoms with Gasteiger partial charge in [-0.2, -0.15) is 10.1 Å². The molecule has 2 aliphatic rings. The first-order valence-corrected chi connectivity index (χ1v) is 8.80. The Morgan fingerprint density at radius 2 is 2.00 bits per heavy atom. The molecule has 0 amide bonds. The molecule has 0 radical (unpaired) electrons. The number of allylic oxidation sites excluding steroid dienone is 2. The molecule has 0 fully saturated rings. The number of ketones is 1. The summed E-state index contributed by atoms with van der Waals surface area (Å²) in [6, 6.07) is 9.72. The smallest absolute Gasteiger partial charge is 0.226 e. The molecule has 3 aromatic rings. The second kappa shape index (κ2) is 5.24. The van der Waals surface area contributed by atoms with Crippen molar-refractivity contribution in [3.63, 3.8) is 0 Å². The van der Waals surface area contributed by atoms with Crippen molar-refractivity contribution in [3.05, 3.63) is 59.7 Å². The Balaban J connectivity index is 1.79. The summed E-state index contributed by atoms with van der Waals surface area (Å²) >= 11 is 0. The summed E-state index contributed by atoms with van der Waals surface area (Å²) in [6.07, 6.45) is 4.69. The lowest BCUT2D eigenvalue weighted by Gasteiger charge is -2.38. The zero-order valence-electron chi connectivity index (χ0n) is 14.7. The van der Waals surface area contributed by atoms with Crippen molar-refractivity contribution >= 4 is 22.6 Å². The standard InChI is InChI=1S/C20H19N5O/c1-20(2)9-15-17(16(26)10-20)18(25-19(24-15)22-11-23-25)13-7-8-21-14-6-4-3-5-12(13)14/h3-8,11,18H,9-10H2,1-2H3,(H,22,23,24)/t18-/m1/s1. The molecule has 0 bridgehead atoms. The van der Waals surface area contributed by atoms with Gasteiger partial charge in [0, 0.05) is 29.3 Å². The Kier molecular flexibility index (Phi) is 3.07. The molecular weight excluding hydrogens is 326 g/mol. The lowest BCUT2D eigenvalue weighted by Crippen LogP contribution is -2.36. The monoisotopic (exact) mass is 345 g/mol. The van der Waals surface area contributed by atoms with Gasteiger partial charge in [-0.1, -0.05) is 32.0 Å². The molecule has 130 valence electrons. The normalized spacial score (nSPS) is 21.3. The number of benzene rings is 1. The van der Waals surface area contributed by atoms with Crippen LogP contribution >= 0.6 is 0 Å². The van der Waals surface area contributed by atoms with Crippen LogP contribution in [0.2, 0.25) is 0 Å². The van der Waals surface area contributed by atoms with E-state index in [0.717, 1.165) is 34.2 Å². The third kappa shape index (κ3) is 2.18. The number of rotatable bonds is 1. The number of Topliss-reactive ketones (excluding diaryl/α,β-unsaturated/α-hetero) is 1. The van der Waals surface area contributed by atoms with Crippen LogP contribution in [-0.4, -0.2) is 25.5 Å². The predicted molar refractivity (Wildman–Crippen MR) is 98.6 cm³/mol. The Labute approximate surface area is 151 Å². The fourth-order valence-corrected chi connectivity index (χ4v) is 4.19. The van der Waals surface area contributed by atoms with E-state index in [1.165, 1.54) is 6.33 Å². The maximum Gasteiger partial charge on any atom is 0.226 e. The molecule has 2 aromatic heterocycles. The van der Waals surface area contributed by atoms with Crippen molar-refractivity contribution < 1.29 is 4.79 Å². The first kappa shape index (κ1) is 15.3. The predicted octanol–water partition coefficient (Wildman–Crippen LogP) is 3.48. The Bertz CT molecular complexity index is 1070. The Hall–Kier alpha value is -3.02. The molecule has 0 saturated carbocycles. The topological polar surface area (TPSA) is 72.7 Å². The molecular formula is C20H19N5O. The summed E-state index contributed by atoms with van der Waals surface area (Å²) < 4.78 is 1.82. The summed E-state index contributed by atoms with van der Waals surface area (Å²) in [5.74, 6) is 0.857. The van der Waals surface area contributed by atoms with Gasteiger partial charge in [-0.05, 0) is 29.5 Å². The largest absolute Gasteiger partial charge is 0.328 e. The molecule has 1 N–H and O–H groups in total. The molecule has 3 heterocycles. The summed E-state index contributed by atoms with van der Waals surface area (Å²) in [5.41, 5.74) is 3.66. The molecule has 6 nitrogen and oxygen atoms in total. The SMILES string of the molecule is CC1(C)CC(=O)C2=C(C1)Nc1ncnn1[C@@H]2c1ccnc2ccccc12. The van der Waals surface area contributed by atoms with Crippen LogP contribution in [0.3, 0.4) is 0 Å². The number of aromatic nitrogens is 4. The molecule has 1 aliphatic heterocycles. The highest BCUT2D eigenvalue weighted by molar-refractivity contribution is 6.01. The van der Waals surface area contributed by atoms with Crippen molar-refractivity contribution in [2.45, 2.75) is 32.7 Å². The summed E-state index contributed by atoms with van der Waals surface area (Å²) in [5, 5.41) is 8.80. The third-order valence-electron chi connectivity index (χ3n) is 5.25. The Morgan fingerprint density at radius 3 is 2.88 bits per heavy atom. The summed E-state index contributed by atoms with van der Waals surface area (Å²) in [4.78, 5) is 21.9. The van der Waals surface area contributed by atoms with Crippen molar-refractivity contribution in [2.75, 3.05) is 5.32 Å². The van der Waals surface area contributed by atoms with E-state index in [1.54, 1.807) is 6.20 Å². The van der Waals surface area contributed by atoms with Gasteiger partial charge in [0.25, 0.3) is 0 Å². The number of hydrogen-bond donors (Lipinski definition) is 1. The van der Waals surface area contributed by atoms with Crippen molar-refractivity contribution in [1.82, 2.24) is 19.7 Å². The van der Waals surface area contributed by atoms with Crippen LogP contribution < -0.4 is 5.32 Å². The van der Waals surface area contributed by atoms with Crippen LogP contribution in [0.15, 0.2) is 54.1 Å². The van der Waals surface area contributed by atoms with Gasteiger partial charge in [0.15, 0.2) is 5.78 Å². The number of carbonyl (C=O) groups excluding carboxylic acids is 1. The molecule has 6 heteroatoms. The molecule has 0 spiro atoms. The maximum absolute atomic E-state index is 13.1. The van der Waals surface area contributed by atoms with Gasteiger partial charge >= 0.3 is 0 Å². The number of nitrogens with one attached hydrogen (secondary N) is 1. The minimum absolute atomic E-state index is 0.0596. The molecule has 1 aromatic carbocycles. The van der Waals surface area contributed by atoms with Gasteiger partial charge in [-0.15, -0.1) is 0 Å². The third-order valence-corrected chi connectivity index (χ3v) is 5.25. The average Bonchev–Trinajstić information content (AvgIpc) is 3.06. The minimum Gasteiger partial charge on any atom is -0.328 e. The number of para-hydroxylation sites is 1. The highest BCUT2D eigenvalue weighted by Gasteiger charge is 2.41. The van der Waals surface area contributed by atoms with Crippen molar-refractivity contribution in [2.24, 2.45) is 5.41 Å². The summed E-state index contributed by atoms with van der Waals surface area (Å²) in [7, 11) is 0. The number of anilines is 1. The molecule has 0 unspecified atom stereocenters. The first-order valence-electron chi connectivity index (χ1n) is 8.80. The lowest BCUT2D eigenvalue weighted by atomic mass is 9.73. The van der Waals surface area contributed by atoms with Crippen LogP contribution in [0.4, 0.5) is 5.95 Å². The van der Waals surface area contributed by atoms with Gasteiger partial charge in [0.2, 0.25) is 5.95 Å². The number of carbonyl (C=O) groups is 1. The zero-order chi connectivity index (χ0) is 17.9. The van der Waals surface area contributed by atoms with E-state index >= 15 is 0 Å². The lowest BCUT2D eigenvalue weighted by molar-refractivity contribution is -0.118. The van der Waals surface area contributed by atoms with E-state index in [0.29, 0.717) is 12.4 Å². The van der Waals surface area contributed by atoms with E-state index in [9.17, 15) is 4.79 Å². The molecule has 1 atom stereocenters. The van der Waals surface area contributed by atoms with Crippen LogP contribution in [0.1, 0.15) is 38.3 Å². The number of hydrogen-bond acceptors (Lipinski definition) is 5. The van der Waals surface area contributed by atoms with Crippen LogP contribution in [0, 0.1) is 5.41 Å². The van der Waals surface area contributed by atoms with Crippen molar-refractivity contribution in [1.29, 1.82) is 0 Å². The second-order valence-corrected chi connectivity index (χ2v) is 7.81. The fraction of sp³-hybridized carbons (Fsp3) is 0.300. The molecule has 1 aliphatic carbocycles. The quantitative estimate of drug-likeness (QED) is 0.731. The molecule has 26 heavy (non-hydrogen) atoms. The number of nitrogens with zero attached hydrogens (tertiary/aromatic N) is 4. The van der Waals surface area contributed by atoms with Gasteiger partial charge in [-0.25, -0.2) is 4.68 Å². The number of fused-ring (bicyclic) bond motifs is 2.